The van der Waals surface area contributed by atoms with E-state index in [2.05, 4.69) is 5.32 Å². The van der Waals surface area contributed by atoms with Crippen molar-refractivity contribution in [2.75, 3.05) is 26.9 Å². The molecule has 0 aliphatic carbocycles. The van der Waals surface area contributed by atoms with Crippen LogP contribution in [0.4, 0.5) is 0 Å². The van der Waals surface area contributed by atoms with Gasteiger partial charge in [0, 0.05) is 30.8 Å². The number of hydrogen-bond acceptors (Lipinski definition) is 3. The lowest BCUT2D eigenvalue weighted by Crippen LogP contribution is -2.30. The number of fused-ring (bicyclic) bond motifs is 1. The van der Waals surface area contributed by atoms with Gasteiger partial charge in [0.1, 0.15) is 12.3 Å². The van der Waals surface area contributed by atoms with Gasteiger partial charge in [0.2, 0.25) is 5.91 Å². The fourth-order valence-electron chi connectivity index (χ4n) is 2.08. The quantitative estimate of drug-likeness (QED) is 0.785. The minimum absolute atomic E-state index is 0.0200. The number of ether oxygens (including phenoxy) is 2. The second-order valence-electron chi connectivity index (χ2n) is 4.44. The molecule has 1 aromatic carbocycles. The summed E-state index contributed by atoms with van der Waals surface area (Å²) in [7, 11) is 1.61. The Morgan fingerprint density at radius 3 is 2.95 bits per heavy atom. The zero-order chi connectivity index (χ0) is 14.4. The van der Waals surface area contributed by atoms with Crippen LogP contribution in [0.2, 0.25) is 0 Å². The van der Waals surface area contributed by atoms with E-state index in [4.69, 9.17) is 9.47 Å². The molecule has 0 unspecified atom stereocenters. The predicted octanol–water partition coefficient (Wildman–Crippen LogP) is 1.80. The number of hydrogen-bond donors (Lipinski definition) is 1. The van der Waals surface area contributed by atoms with Crippen molar-refractivity contribution in [1.82, 2.24) is 9.88 Å². The zero-order valence-corrected chi connectivity index (χ0v) is 11.9. The van der Waals surface area contributed by atoms with E-state index in [1.807, 2.05) is 42.0 Å². The Labute approximate surface area is 118 Å². The van der Waals surface area contributed by atoms with Gasteiger partial charge in [-0.3, -0.25) is 4.79 Å². The molecule has 0 atom stereocenters. The van der Waals surface area contributed by atoms with Crippen molar-refractivity contribution in [3.63, 3.8) is 0 Å². The summed E-state index contributed by atoms with van der Waals surface area (Å²) in [6.45, 7) is 3.97. The van der Waals surface area contributed by atoms with E-state index in [0.29, 0.717) is 26.3 Å². The van der Waals surface area contributed by atoms with Crippen molar-refractivity contribution >= 4 is 16.8 Å². The highest BCUT2D eigenvalue weighted by molar-refractivity contribution is 5.84. The molecule has 1 aromatic heterocycles. The van der Waals surface area contributed by atoms with Gasteiger partial charge in [-0.2, -0.15) is 0 Å². The van der Waals surface area contributed by atoms with Gasteiger partial charge in [0.15, 0.2) is 0 Å². The fraction of sp³-hybridized carbons (Fsp3) is 0.400. The van der Waals surface area contributed by atoms with Crippen molar-refractivity contribution in [3.05, 3.63) is 30.5 Å². The van der Waals surface area contributed by atoms with Crippen molar-refractivity contribution in [2.45, 2.75) is 13.5 Å². The van der Waals surface area contributed by atoms with Crippen LogP contribution in [0.5, 0.6) is 5.75 Å². The third kappa shape index (κ3) is 3.51. The van der Waals surface area contributed by atoms with E-state index in [1.165, 1.54) is 0 Å². The number of benzene rings is 1. The summed E-state index contributed by atoms with van der Waals surface area (Å²) >= 11 is 0. The number of carbonyl (C=O) groups is 1. The van der Waals surface area contributed by atoms with Crippen LogP contribution in [-0.2, 0) is 16.1 Å². The Morgan fingerprint density at radius 2 is 2.20 bits per heavy atom. The van der Waals surface area contributed by atoms with Crippen LogP contribution in [0.1, 0.15) is 6.92 Å². The molecule has 2 aromatic rings. The molecular weight excluding hydrogens is 256 g/mol. The van der Waals surface area contributed by atoms with Gasteiger partial charge in [-0.25, -0.2) is 0 Å². The smallest absolute Gasteiger partial charge is 0.240 e. The highest BCUT2D eigenvalue weighted by atomic mass is 16.5. The molecule has 20 heavy (non-hydrogen) atoms. The maximum absolute atomic E-state index is 11.8. The third-order valence-corrected chi connectivity index (χ3v) is 3.00. The van der Waals surface area contributed by atoms with Gasteiger partial charge in [-0.15, -0.1) is 0 Å². The van der Waals surface area contributed by atoms with Crippen LogP contribution in [0.25, 0.3) is 10.9 Å². The van der Waals surface area contributed by atoms with E-state index in [0.717, 1.165) is 16.7 Å². The fourth-order valence-corrected chi connectivity index (χ4v) is 2.08. The Balaban J connectivity index is 2.05. The molecule has 0 bridgehead atoms. The molecule has 0 radical (unpaired) electrons. The molecule has 0 aliphatic rings. The summed E-state index contributed by atoms with van der Waals surface area (Å²) in [5, 5.41) is 3.88. The second-order valence-corrected chi connectivity index (χ2v) is 4.44. The molecule has 0 fully saturated rings. The average Bonchev–Trinajstić information content (AvgIpc) is 2.82. The predicted molar refractivity (Wildman–Crippen MR) is 78.0 cm³/mol. The van der Waals surface area contributed by atoms with E-state index >= 15 is 0 Å². The summed E-state index contributed by atoms with van der Waals surface area (Å²) < 4.78 is 12.3. The Kier molecular flexibility index (Phi) is 5.01. The molecule has 5 nitrogen and oxygen atoms in total. The van der Waals surface area contributed by atoms with Crippen LogP contribution in [0.15, 0.2) is 30.5 Å². The first-order chi connectivity index (χ1) is 9.74. The van der Waals surface area contributed by atoms with Gasteiger partial charge in [-0.05, 0) is 31.2 Å². The summed E-state index contributed by atoms with van der Waals surface area (Å²) in [4.78, 5) is 11.8. The topological polar surface area (TPSA) is 52.5 Å². The van der Waals surface area contributed by atoms with E-state index in [-0.39, 0.29) is 5.91 Å². The SMILES string of the molecule is CCOc1ccc2c(ccn2CC(=O)NCCOC)c1. The Morgan fingerprint density at radius 1 is 1.35 bits per heavy atom. The van der Waals surface area contributed by atoms with Crippen LogP contribution in [0, 0.1) is 0 Å². The summed E-state index contributed by atoms with van der Waals surface area (Å²) in [5.74, 6) is 0.829. The highest BCUT2D eigenvalue weighted by Gasteiger charge is 2.06. The van der Waals surface area contributed by atoms with Crippen molar-refractivity contribution in [1.29, 1.82) is 0 Å². The van der Waals surface area contributed by atoms with Crippen molar-refractivity contribution in [3.8, 4) is 5.75 Å². The normalized spacial score (nSPS) is 10.7. The van der Waals surface area contributed by atoms with Crippen LogP contribution < -0.4 is 10.1 Å². The lowest BCUT2D eigenvalue weighted by molar-refractivity contribution is -0.121. The van der Waals surface area contributed by atoms with Crippen molar-refractivity contribution < 1.29 is 14.3 Å². The molecule has 5 heteroatoms. The molecule has 0 saturated heterocycles. The van der Waals surface area contributed by atoms with Crippen LogP contribution in [0.3, 0.4) is 0 Å². The number of carbonyl (C=O) groups excluding carboxylic acids is 1. The largest absolute Gasteiger partial charge is 0.494 e. The number of aromatic nitrogens is 1. The standard InChI is InChI=1S/C15H20N2O3/c1-3-20-13-4-5-14-12(10-13)6-8-17(14)11-15(18)16-7-9-19-2/h4-6,8,10H,3,7,9,11H2,1-2H3,(H,16,18). The lowest BCUT2D eigenvalue weighted by atomic mass is 10.2. The molecule has 0 aliphatic heterocycles. The maximum Gasteiger partial charge on any atom is 0.240 e. The molecule has 1 amide bonds. The third-order valence-electron chi connectivity index (χ3n) is 3.00. The maximum atomic E-state index is 11.8. The van der Waals surface area contributed by atoms with Gasteiger partial charge in [0.05, 0.1) is 13.2 Å². The van der Waals surface area contributed by atoms with Gasteiger partial charge < -0.3 is 19.4 Å². The van der Waals surface area contributed by atoms with Gasteiger partial charge in [0.25, 0.3) is 0 Å². The number of nitrogens with one attached hydrogen (secondary N) is 1. The van der Waals surface area contributed by atoms with Crippen LogP contribution >= 0.6 is 0 Å². The first-order valence-electron chi connectivity index (χ1n) is 6.72. The van der Waals surface area contributed by atoms with E-state index < -0.39 is 0 Å². The Bertz CT molecular complexity index is 578. The highest BCUT2D eigenvalue weighted by Crippen LogP contribution is 2.22. The summed E-state index contributed by atoms with van der Waals surface area (Å²) in [6.07, 6.45) is 1.91. The van der Waals surface area contributed by atoms with Crippen molar-refractivity contribution in [2.24, 2.45) is 0 Å². The number of rotatable bonds is 7. The summed E-state index contributed by atoms with van der Waals surface area (Å²) in [5.41, 5.74) is 1.02. The lowest BCUT2D eigenvalue weighted by Gasteiger charge is -2.08. The van der Waals surface area contributed by atoms with E-state index in [1.54, 1.807) is 7.11 Å². The zero-order valence-electron chi connectivity index (χ0n) is 11.9. The molecule has 1 N–H and O–H groups in total. The molecule has 0 saturated carbocycles. The summed E-state index contributed by atoms with van der Waals surface area (Å²) in [6, 6.07) is 7.87. The average molecular weight is 276 g/mol. The number of amides is 1. The Hall–Kier alpha value is -2.01. The van der Waals surface area contributed by atoms with Gasteiger partial charge in [-0.1, -0.05) is 0 Å². The molecule has 108 valence electrons. The number of methoxy groups -OCH3 is 1. The monoisotopic (exact) mass is 276 g/mol. The molecule has 1 heterocycles. The second kappa shape index (κ2) is 6.96. The molecular formula is C15H20N2O3. The minimum Gasteiger partial charge on any atom is -0.494 e. The molecule has 0 spiro atoms. The minimum atomic E-state index is -0.0200. The first kappa shape index (κ1) is 14.4. The van der Waals surface area contributed by atoms with Crippen LogP contribution in [-0.4, -0.2) is 37.3 Å². The molecule has 2 rings (SSSR count). The van der Waals surface area contributed by atoms with Gasteiger partial charge >= 0.3 is 0 Å². The van der Waals surface area contributed by atoms with E-state index in [9.17, 15) is 4.79 Å². The first-order valence-corrected chi connectivity index (χ1v) is 6.72. The number of nitrogens with zero attached hydrogens (tertiary/aromatic N) is 1.